The number of nitrogens with two attached hydrogens (primary N) is 1. The zero-order chi connectivity index (χ0) is 13.8. The molecule has 1 aliphatic rings. The highest BCUT2D eigenvalue weighted by atomic mass is 16.5. The van der Waals surface area contributed by atoms with Crippen LogP contribution in [0.3, 0.4) is 0 Å². The van der Waals surface area contributed by atoms with Gasteiger partial charge in [0, 0.05) is 23.8 Å². The Bertz CT molecular complexity index is 422. The first-order chi connectivity index (χ1) is 9.04. The Morgan fingerprint density at radius 2 is 2.05 bits per heavy atom. The van der Waals surface area contributed by atoms with Gasteiger partial charge in [0.25, 0.3) is 0 Å². The summed E-state index contributed by atoms with van der Waals surface area (Å²) in [5, 5.41) is 3.36. The molecule has 0 aromatic carbocycles. The van der Waals surface area contributed by atoms with Crippen molar-refractivity contribution in [2.24, 2.45) is 5.73 Å². The standard InChI is InChI=1S/C14H24N4O/c1-9(2)19-13-8-10(3)16-14(18-13)17-12-7-5-4-6-11(12)15/h8-9,11-12H,4-7,15H2,1-3H3,(H,16,17,18). The molecule has 0 aliphatic heterocycles. The summed E-state index contributed by atoms with van der Waals surface area (Å²) in [5.41, 5.74) is 7.03. The number of rotatable bonds is 4. The van der Waals surface area contributed by atoms with Crippen molar-refractivity contribution in [1.29, 1.82) is 0 Å². The van der Waals surface area contributed by atoms with Crippen molar-refractivity contribution in [3.8, 4) is 5.88 Å². The molecule has 0 saturated heterocycles. The number of nitrogens with one attached hydrogen (secondary N) is 1. The number of ether oxygens (including phenoxy) is 1. The third-order valence-electron chi connectivity index (χ3n) is 3.32. The van der Waals surface area contributed by atoms with E-state index in [-0.39, 0.29) is 18.2 Å². The van der Waals surface area contributed by atoms with Crippen molar-refractivity contribution >= 4 is 5.95 Å². The van der Waals surface area contributed by atoms with Gasteiger partial charge in [0.1, 0.15) is 0 Å². The lowest BCUT2D eigenvalue weighted by Gasteiger charge is -2.29. The average Bonchev–Trinajstić information content (AvgIpc) is 2.30. The molecule has 0 radical (unpaired) electrons. The average molecular weight is 264 g/mol. The number of aromatic nitrogens is 2. The minimum absolute atomic E-state index is 0.110. The number of anilines is 1. The van der Waals surface area contributed by atoms with Gasteiger partial charge in [-0.2, -0.15) is 4.98 Å². The first-order valence-electron chi connectivity index (χ1n) is 7.09. The van der Waals surface area contributed by atoms with Crippen molar-refractivity contribution in [3.63, 3.8) is 0 Å². The van der Waals surface area contributed by atoms with Crippen molar-refractivity contribution in [2.45, 2.75) is 64.6 Å². The summed E-state index contributed by atoms with van der Waals surface area (Å²) in [6.45, 7) is 5.92. The van der Waals surface area contributed by atoms with Crippen LogP contribution in [0, 0.1) is 6.92 Å². The van der Waals surface area contributed by atoms with E-state index in [1.54, 1.807) is 0 Å². The normalized spacial score (nSPS) is 23.4. The quantitative estimate of drug-likeness (QED) is 0.872. The van der Waals surface area contributed by atoms with Gasteiger partial charge in [0.2, 0.25) is 11.8 Å². The Morgan fingerprint density at radius 1 is 1.32 bits per heavy atom. The highest BCUT2D eigenvalue weighted by Gasteiger charge is 2.22. The molecule has 2 atom stereocenters. The fourth-order valence-corrected chi connectivity index (χ4v) is 2.41. The largest absolute Gasteiger partial charge is 0.475 e. The maximum absolute atomic E-state index is 6.13. The molecule has 1 aliphatic carbocycles. The van der Waals surface area contributed by atoms with Crippen LogP contribution in [0.2, 0.25) is 0 Å². The summed E-state index contributed by atoms with van der Waals surface area (Å²) in [7, 11) is 0. The Labute approximate surface area is 115 Å². The minimum atomic E-state index is 0.110. The summed E-state index contributed by atoms with van der Waals surface area (Å²) in [4.78, 5) is 8.81. The van der Waals surface area contributed by atoms with E-state index in [1.807, 2.05) is 26.8 Å². The van der Waals surface area contributed by atoms with Gasteiger partial charge in [-0.1, -0.05) is 12.8 Å². The molecule has 1 fully saturated rings. The first kappa shape index (κ1) is 14.1. The van der Waals surface area contributed by atoms with Crippen LogP contribution in [-0.2, 0) is 0 Å². The van der Waals surface area contributed by atoms with Gasteiger partial charge >= 0.3 is 0 Å². The van der Waals surface area contributed by atoms with Crippen LogP contribution >= 0.6 is 0 Å². The molecule has 5 heteroatoms. The van der Waals surface area contributed by atoms with E-state index in [9.17, 15) is 0 Å². The molecule has 1 aromatic rings. The van der Waals surface area contributed by atoms with Crippen LogP contribution in [0.4, 0.5) is 5.95 Å². The molecule has 2 unspecified atom stereocenters. The second-order valence-corrected chi connectivity index (χ2v) is 5.54. The Kier molecular flexibility index (Phi) is 4.58. The lowest BCUT2D eigenvalue weighted by Crippen LogP contribution is -2.43. The molecular weight excluding hydrogens is 240 g/mol. The number of hydrogen-bond acceptors (Lipinski definition) is 5. The zero-order valence-corrected chi connectivity index (χ0v) is 12.0. The fraction of sp³-hybridized carbons (Fsp3) is 0.714. The van der Waals surface area contributed by atoms with Crippen molar-refractivity contribution in [1.82, 2.24) is 9.97 Å². The number of nitrogens with zero attached hydrogens (tertiary/aromatic N) is 2. The monoisotopic (exact) mass is 264 g/mol. The molecule has 0 bridgehead atoms. The Morgan fingerprint density at radius 3 is 2.74 bits per heavy atom. The van der Waals surface area contributed by atoms with Crippen LogP contribution < -0.4 is 15.8 Å². The van der Waals surface area contributed by atoms with Crippen LogP contribution in [0.5, 0.6) is 5.88 Å². The Balaban J connectivity index is 2.08. The molecule has 3 N–H and O–H groups in total. The van der Waals surface area contributed by atoms with Gasteiger partial charge in [0.05, 0.1) is 6.10 Å². The summed E-state index contributed by atoms with van der Waals surface area (Å²) in [6.07, 6.45) is 4.69. The summed E-state index contributed by atoms with van der Waals surface area (Å²) < 4.78 is 5.63. The Hall–Kier alpha value is -1.36. The van der Waals surface area contributed by atoms with Crippen molar-refractivity contribution < 1.29 is 4.74 Å². The van der Waals surface area contributed by atoms with Gasteiger partial charge in [-0.15, -0.1) is 0 Å². The second-order valence-electron chi connectivity index (χ2n) is 5.54. The van der Waals surface area contributed by atoms with E-state index in [0.717, 1.165) is 18.5 Å². The van der Waals surface area contributed by atoms with Crippen molar-refractivity contribution in [2.75, 3.05) is 5.32 Å². The van der Waals surface area contributed by atoms with Crippen LogP contribution in [0.15, 0.2) is 6.07 Å². The van der Waals surface area contributed by atoms with Crippen LogP contribution in [0.1, 0.15) is 45.2 Å². The smallest absolute Gasteiger partial charge is 0.226 e. The molecule has 2 rings (SSSR count). The molecule has 1 heterocycles. The highest BCUT2D eigenvalue weighted by Crippen LogP contribution is 2.21. The van der Waals surface area contributed by atoms with E-state index in [4.69, 9.17) is 10.5 Å². The van der Waals surface area contributed by atoms with Gasteiger partial charge in [0.15, 0.2) is 0 Å². The lowest BCUT2D eigenvalue weighted by atomic mass is 9.91. The number of aryl methyl sites for hydroxylation is 1. The predicted molar refractivity (Wildman–Crippen MR) is 76.4 cm³/mol. The van der Waals surface area contributed by atoms with E-state index >= 15 is 0 Å². The minimum Gasteiger partial charge on any atom is -0.475 e. The topological polar surface area (TPSA) is 73.1 Å². The van der Waals surface area contributed by atoms with E-state index in [2.05, 4.69) is 15.3 Å². The molecule has 0 amide bonds. The van der Waals surface area contributed by atoms with E-state index in [1.165, 1.54) is 12.8 Å². The molecule has 0 spiro atoms. The van der Waals surface area contributed by atoms with Gasteiger partial charge < -0.3 is 15.8 Å². The van der Waals surface area contributed by atoms with Gasteiger partial charge in [-0.3, -0.25) is 0 Å². The lowest BCUT2D eigenvalue weighted by molar-refractivity contribution is 0.232. The highest BCUT2D eigenvalue weighted by molar-refractivity contribution is 5.32. The molecule has 1 saturated carbocycles. The molecule has 1 aromatic heterocycles. The third kappa shape index (κ3) is 4.06. The van der Waals surface area contributed by atoms with E-state index in [0.29, 0.717) is 11.8 Å². The maximum Gasteiger partial charge on any atom is 0.226 e. The summed E-state index contributed by atoms with van der Waals surface area (Å²) in [5.74, 6) is 1.24. The van der Waals surface area contributed by atoms with E-state index < -0.39 is 0 Å². The second kappa shape index (κ2) is 6.19. The molecule has 19 heavy (non-hydrogen) atoms. The molecule has 106 valence electrons. The predicted octanol–water partition coefficient (Wildman–Crippen LogP) is 2.25. The van der Waals surface area contributed by atoms with Crippen LogP contribution in [0.25, 0.3) is 0 Å². The molecule has 5 nitrogen and oxygen atoms in total. The van der Waals surface area contributed by atoms with Crippen LogP contribution in [-0.4, -0.2) is 28.2 Å². The molecular formula is C14H24N4O. The summed E-state index contributed by atoms with van der Waals surface area (Å²) in [6, 6.07) is 2.31. The van der Waals surface area contributed by atoms with Gasteiger partial charge in [-0.05, 0) is 33.6 Å². The summed E-state index contributed by atoms with van der Waals surface area (Å²) >= 11 is 0. The SMILES string of the molecule is Cc1cc(OC(C)C)nc(NC2CCCCC2N)n1. The fourth-order valence-electron chi connectivity index (χ4n) is 2.41. The zero-order valence-electron chi connectivity index (χ0n) is 12.0. The van der Waals surface area contributed by atoms with Gasteiger partial charge in [-0.25, -0.2) is 4.98 Å². The van der Waals surface area contributed by atoms with Crippen molar-refractivity contribution in [3.05, 3.63) is 11.8 Å². The third-order valence-corrected chi connectivity index (χ3v) is 3.32. The maximum atomic E-state index is 6.13. The number of hydrogen-bond donors (Lipinski definition) is 2. The first-order valence-corrected chi connectivity index (χ1v) is 7.09.